The standard InChI is InChI=1S/C9H16O2/c1-4-5-9(11)7(2)6-8(3)10/h7H,4-6H2,1-3H3. The molecular formula is C9H16O2. The summed E-state index contributed by atoms with van der Waals surface area (Å²) in [6.07, 6.45) is 1.88. The van der Waals surface area contributed by atoms with E-state index >= 15 is 0 Å². The number of Topliss-reactive ketones (excluding diaryl/α,β-unsaturated/α-hetero) is 2. The first-order valence-corrected chi connectivity index (χ1v) is 4.10. The number of hydrogen-bond donors (Lipinski definition) is 0. The fraction of sp³-hybridized carbons (Fsp3) is 0.778. The smallest absolute Gasteiger partial charge is 0.136 e. The molecule has 0 amide bonds. The highest BCUT2D eigenvalue weighted by Crippen LogP contribution is 2.07. The van der Waals surface area contributed by atoms with Crippen LogP contribution >= 0.6 is 0 Å². The number of hydrogen-bond acceptors (Lipinski definition) is 2. The van der Waals surface area contributed by atoms with Gasteiger partial charge in [-0.2, -0.15) is 0 Å². The first kappa shape index (κ1) is 10.3. The lowest BCUT2D eigenvalue weighted by molar-refractivity contribution is -0.126. The third-order valence-electron chi connectivity index (χ3n) is 1.64. The van der Waals surface area contributed by atoms with Gasteiger partial charge in [-0.1, -0.05) is 13.8 Å². The minimum absolute atomic E-state index is 0.0764. The molecule has 11 heavy (non-hydrogen) atoms. The SMILES string of the molecule is CCCC(=O)C(C)CC(C)=O. The van der Waals surface area contributed by atoms with Crippen LogP contribution in [0, 0.1) is 5.92 Å². The Balaban J connectivity index is 3.73. The Kier molecular flexibility index (Phi) is 4.75. The van der Waals surface area contributed by atoms with Gasteiger partial charge in [-0.05, 0) is 13.3 Å². The van der Waals surface area contributed by atoms with Crippen molar-refractivity contribution in [3.05, 3.63) is 0 Å². The fourth-order valence-corrected chi connectivity index (χ4v) is 1.04. The second kappa shape index (κ2) is 5.05. The van der Waals surface area contributed by atoms with Crippen LogP contribution < -0.4 is 0 Å². The molecule has 0 aromatic heterocycles. The lowest BCUT2D eigenvalue weighted by Gasteiger charge is -2.05. The number of carbonyl (C=O) groups is 2. The highest BCUT2D eigenvalue weighted by atomic mass is 16.1. The monoisotopic (exact) mass is 156 g/mol. The molecule has 0 aliphatic rings. The molecule has 0 radical (unpaired) electrons. The van der Waals surface area contributed by atoms with Crippen LogP contribution in [-0.2, 0) is 9.59 Å². The molecule has 2 nitrogen and oxygen atoms in total. The normalized spacial score (nSPS) is 12.6. The molecule has 0 fully saturated rings. The third-order valence-corrected chi connectivity index (χ3v) is 1.64. The second-order valence-corrected chi connectivity index (χ2v) is 3.02. The van der Waals surface area contributed by atoms with E-state index in [1.165, 1.54) is 6.92 Å². The van der Waals surface area contributed by atoms with Crippen LogP contribution in [0.2, 0.25) is 0 Å². The molecule has 0 aliphatic heterocycles. The van der Waals surface area contributed by atoms with E-state index < -0.39 is 0 Å². The van der Waals surface area contributed by atoms with Gasteiger partial charge in [-0.25, -0.2) is 0 Å². The lowest BCUT2D eigenvalue weighted by atomic mass is 9.97. The van der Waals surface area contributed by atoms with E-state index in [9.17, 15) is 9.59 Å². The molecule has 0 aromatic carbocycles. The Bertz CT molecular complexity index is 150. The van der Waals surface area contributed by atoms with Crippen LogP contribution in [0.3, 0.4) is 0 Å². The highest BCUT2D eigenvalue weighted by Gasteiger charge is 2.12. The summed E-state index contributed by atoms with van der Waals surface area (Å²) < 4.78 is 0. The van der Waals surface area contributed by atoms with Gasteiger partial charge in [0.1, 0.15) is 11.6 Å². The first-order chi connectivity index (χ1) is 5.07. The van der Waals surface area contributed by atoms with Crippen LogP contribution in [0.1, 0.15) is 40.0 Å². The fourth-order valence-electron chi connectivity index (χ4n) is 1.04. The summed E-state index contributed by atoms with van der Waals surface area (Å²) in [5.41, 5.74) is 0. The summed E-state index contributed by atoms with van der Waals surface area (Å²) in [5, 5.41) is 0. The van der Waals surface area contributed by atoms with Gasteiger partial charge in [-0.15, -0.1) is 0 Å². The van der Waals surface area contributed by atoms with Crippen molar-refractivity contribution in [1.82, 2.24) is 0 Å². The van der Waals surface area contributed by atoms with Crippen LogP contribution in [-0.4, -0.2) is 11.6 Å². The molecule has 0 bridgehead atoms. The first-order valence-electron chi connectivity index (χ1n) is 4.10. The predicted molar refractivity (Wildman–Crippen MR) is 44.4 cm³/mol. The average molecular weight is 156 g/mol. The largest absolute Gasteiger partial charge is 0.300 e. The molecule has 64 valence electrons. The van der Waals surface area contributed by atoms with E-state index in [-0.39, 0.29) is 17.5 Å². The molecule has 0 aliphatic carbocycles. The summed E-state index contributed by atoms with van der Waals surface area (Å²) in [7, 11) is 0. The van der Waals surface area contributed by atoms with Crippen LogP contribution in [0.4, 0.5) is 0 Å². The summed E-state index contributed by atoms with van der Waals surface area (Å²) in [6.45, 7) is 5.31. The number of rotatable bonds is 5. The second-order valence-electron chi connectivity index (χ2n) is 3.02. The van der Waals surface area contributed by atoms with E-state index in [1.54, 1.807) is 0 Å². The van der Waals surface area contributed by atoms with Crippen molar-refractivity contribution in [1.29, 1.82) is 0 Å². The highest BCUT2D eigenvalue weighted by molar-refractivity contribution is 5.86. The zero-order valence-electron chi connectivity index (χ0n) is 7.52. The van der Waals surface area contributed by atoms with Crippen LogP contribution in [0.5, 0.6) is 0 Å². The van der Waals surface area contributed by atoms with Gasteiger partial charge < -0.3 is 4.79 Å². The van der Waals surface area contributed by atoms with Crippen molar-refractivity contribution in [2.75, 3.05) is 0 Å². The predicted octanol–water partition coefficient (Wildman–Crippen LogP) is 1.97. The number of ketones is 2. The van der Waals surface area contributed by atoms with Crippen molar-refractivity contribution < 1.29 is 9.59 Å². The topological polar surface area (TPSA) is 34.1 Å². The Morgan fingerprint density at radius 1 is 1.36 bits per heavy atom. The zero-order valence-corrected chi connectivity index (χ0v) is 7.52. The van der Waals surface area contributed by atoms with Gasteiger partial charge in [-0.3, -0.25) is 4.79 Å². The maximum atomic E-state index is 11.1. The Morgan fingerprint density at radius 2 is 1.91 bits per heavy atom. The van der Waals surface area contributed by atoms with Crippen molar-refractivity contribution >= 4 is 11.6 Å². The minimum Gasteiger partial charge on any atom is -0.300 e. The van der Waals surface area contributed by atoms with Crippen molar-refractivity contribution in [2.24, 2.45) is 5.92 Å². The summed E-state index contributed by atoms with van der Waals surface area (Å²) in [4.78, 5) is 21.7. The van der Waals surface area contributed by atoms with E-state index in [4.69, 9.17) is 0 Å². The summed E-state index contributed by atoms with van der Waals surface area (Å²) >= 11 is 0. The van der Waals surface area contributed by atoms with Crippen molar-refractivity contribution in [3.8, 4) is 0 Å². The van der Waals surface area contributed by atoms with E-state index in [1.807, 2.05) is 13.8 Å². The minimum atomic E-state index is -0.0764. The molecule has 0 rings (SSSR count). The summed E-state index contributed by atoms with van der Waals surface area (Å²) in [6, 6.07) is 0. The Morgan fingerprint density at radius 3 is 2.27 bits per heavy atom. The molecule has 1 unspecified atom stereocenters. The summed E-state index contributed by atoms with van der Waals surface area (Å²) in [5.74, 6) is 0.233. The lowest BCUT2D eigenvalue weighted by Crippen LogP contribution is -2.13. The Hall–Kier alpha value is -0.660. The molecule has 1 atom stereocenters. The van der Waals surface area contributed by atoms with Gasteiger partial charge >= 0.3 is 0 Å². The molecule has 0 heterocycles. The van der Waals surface area contributed by atoms with Crippen molar-refractivity contribution in [2.45, 2.75) is 40.0 Å². The molecule has 0 N–H and O–H groups in total. The van der Waals surface area contributed by atoms with Gasteiger partial charge in [0.25, 0.3) is 0 Å². The molecule has 0 aromatic rings. The zero-order chi connectivity index (χ0) is 8.85. The van der Waals surface area contributed by atoms with Crippen LogP contribution in [0.15, 0.2) is 0 Å². The molecule has 0 spiro atoms. The number of carbonyl (C=O) groups excluding carboxylic acids is 2. The average Bonchev–Trinajstić information content (AvgIpc) is 1.86. The maximum absolute atomic E-state index is 11.1. The molecular weight excluding hydrogens is 140 g/mol. The van der Waals surface area contributed by atoms with Gasteiger partial charge in [0.15, 0.2) is 0 Å². The van der Waals surface area contributed by atoms with E-state index in [0.717, 1.165) is 6.42 Å². The van der Waals surface area contributed by atoms with Gasteiger partial charge in [0, 0.05) is 18.8 Å². The quantitative estimate of drug-likeness (QED) is 0.609. The molecule has 2 heteroatoms. The molecule has 0 saturated carbocycles. The maximum Gasteiger partial charge on any atom is 0.136 e. The van der Waals surface area contributed by atoms with Gasteiger partial charge in [0.05, 0.1) is 0 Å². The van der Waals surface area contributed by atoms with E-state index in [2.05, 4.69) is 0 Å². The Labute approximate surface area is 68.0 Å². The molecule has 0 saturated heterocycles. The van der Waals surface area contributed by atoms with Gasteiger partial charge in [0.2, 0.25) is 0 Å². The van der Waals surface area contributed by atoms with Crippen LogP contribution in [0.25, 0.3) is 0 Å². The van der Waals surface area contributed by atoms with E-state index in [0.29, 0.717) is 12.8 Å². The third kappa shape index (κ3) is 4.71. The van der Waals surface area contributed by atoms with Crippen molar-refractivity contribution in [3.63, 3.8) is 0 Å².